The van der Waals surface area contributed by atoms with E-state index in [0.29, 0.717) is 12.6 Å². The van der Waals surface area contributed by atoms with E-state index in [0.717, 1.165) is 37.2 Å². The summed E-state index contributed by atoms with van der Waals surface area (Å²) in [5.74, 6) is 1.21. The van der Waals surface area contributed by atoms with E-state index in [1.54, 1.807) is 11.8 Å². The van der Waals surface area contributed by atoms with Crippen molar-refractivity contribution in [3.8, 4) is 0 Å². The van der Waals surface area contributed by atoms with Gasteiger partial charge in [-0.05, 0) is 50.2 Å². The lowest BCUT2D eigenvalue weighted by Crippen LogP contribution is -2.40. The summed E-state index contributed by atoms with van der Waals surface area (Å²) in [6.45, 7) is 5.66. The molecule has 0 unspecified atom stereocenters. The molecule has 148 valence electrons. The number of aromatic nitrogens is 3. The number of benzene rings is 1. The number of carbonyl (C=O) groups excluding carboxylic acids is 1. The van der Waals surface area contributed by atoms with E-state index in [1.807, 2.05) is 11.8 Å². The molecule has 28 heavy (non-hydrogen) atoms. The van der Waals surface area contributed by atoms with E-state index in [9.17, 15) is 4.79 Å². The number of fused-ring (bicyclic) bond motifs is 1. The first kappa shape index (κ1) is 18.0. The number of nitrogens with zero attached hydrogens (tertiary/aromatic N) is 5. The van der Waals surface area contributed by atoms with Crippen LogP contribution in [0.3, 0.4) is 0 Å². The highest BCUT2D eigenvalue weighted by molar-refractivity contribution is 8.00. The summed E-state index contributed by atoms with van der Waals surface area (Å²) in [5, 5.41) is 9.75. The molecular formula is C21H27N5OS. The van der Waals surface area contributed by atoms with Crippen molar-refractivity contribution in [3.63, 3.8) is 0 Å². The van der Waals surface area contributed by atoms with Crippen LogP contribution in [-0.2, 0) is 17.8 Å². The van der Waals surface area contributed by atoms with Crippen LogP contribution in [0.2, 0.25) is 0 Å². The first-order valence-corrected chi connectivity index (χ1v) is 11.3. The Hall–Kier alpha value is -2.02. The van der Waals surface area contributed by atoms with E-state index >= 15 is 0 Å². The van der Waals surface area contributed by atoms with Crippen molar-refractivity contribution in [2.24, 2.45) is 0 Å². The van der Waals surface area contributed by atoms with Crippen LogP contribution in [0, 0.1) is 0 Å². The van der Waals surface area contributed by atoms with Crippen LogP contribution >= 0.6 is 11.8 Å². The minimum absolute atomic E-state index is 0.154. The zero-order chi connectivity index (χ0) is 19.1. The standard InChI is InChI=1S/C21H27N5OS/c1-15(19(27)25-13-10-16-6-2-3-7-17(16)14-25)28-21-23-22-20(24-11-4-5-12-24)26(21)18-8-9-18/h2-3,6-7,15,18H,4-5,8-14H2,1H3/t15-/m1/s1. The Morgan fingerprint density at radius 3 is 2.61 bits per heavy atom. The molecule has 3 heterocycles. The van der Waals surface area contributed by atoms with Gasteiger partial charge in [0.05, 0.1) is 5.25 Å². The Morgan fingerprint density at radius 1 is 1.11 bits per heavy atom. The molecule has 5 rings (SSSR count). The van der Waals surface area contributed by atoms with Gasteiger partial charge >= 0.3 is 0 Å². The fourth-order valence-electron chi connectivity index (χ4n) is 4.28. The maximum Gasteiger partial charge on any atom is 0.236 e. The van der Waals surface area contributed by atoms with E-state index in [-0.39, 0.29) is 11.2 Å². The molecule has 0 N–H and O–H groups in total. The summed E-state index contributed by atoms with van der Waals surface area (Å²) < 4.78 is 2.30. The monoisotopic (exact) mass is 397 g/mol. The lowest BCUT2D eigenvalue weighted by Gasteiger charge is -2.30. The summed E-state index contributed by atoms with van der Waals surface area (Å²) in [7, 11) is 0. The molecule has 1 aromatic heterocycles. The minimum atomic E-state index is -0.154. The van der Waals surface area contributed by atoms with Gasteiger partial charge in [0.15, 0.2) is 5.16 Å². The third-order valence-corrected chi connectivity index (χ3v) is 7.06. The molecule has 2 fully saturated rings. The van der Waals surface area contributed by atoms with Crippen LogP contribution in [-0.4, -0.2) is 50.5 Å². The normalized spacial score (nSPS) is 20.3. The molecule has 1 aromatic carbocycles. The van der Waals surface area contributed by atoms with Crippen LogP contribution in [0.1, 0.15) is 49.8 Å². The first-order chi connectivity index (χ1) is 13.7. The predicted molar refractivity (Wildman–Crippen MR) is 111 cm³/mol. The molecule has 1 saturated heterocycles. The third kappa shape index (κ3) is 3.41. The van der Waals surface area contributed by atoms with Gasteiger partial charge in [0, 0.05) is 32.2 Å². The van der Waals surface area contributed by atoms with Crippen molar-refractivity contribution in [1.29, 1.82) is 0 Å². The Kier molecular flexibility index (Phi) is 4.78. The molecule has 3 aliphatic rings. The van der Waals surface area contributed by atoms with Gasteiger partial charge in [-0.1, -0.05) is 36.0 Å². The van der Waals surface area contributed by atoms with Gasteiger partial charge in [0.25, 0.3) is 0 Å². The van der Waals surface area contributed by atoms with E-state index in [2.05, 4.69) is 43.9 Å². The lowest BCUT2D eigenvalue weighted by molar-refractivity contribution is -0.131. The summed E-state index contributed by atoms with van der Waals surface area (Å²) >= 11 is 1.57. The number of thioether (sulfide) groups is 1. The zero-order valence-electron chi connectivity index (χ0n) is 16.4. The highest BCUT2D eigenvalue weighted by atomic mass is 32.2. The topological polar surface area (TPSA) is 54.3 Å². The highest BCUT2D eigenvalue weighted by Gasteiger charge is 2.34. The molecule has 0 spiro atoms. The van der Waals surface area contributed by atoms with Gasteiger partial charge < -0.3 is 9.80 Å². The molecule has 6 nitrogen and oxygen atoms in total. The van der Waals surface area contributed by atoms with Crippen LogP contribution in [0.5, 0.6) is 0 Å². The molecule has 1 aliphatic carbocycles. The zero-order valence-corrected chi connectivity index (χ0v) is 17.2. The predicted octanol–water partition coefficient (Wildman–Crippen LogP) is 3.28. The Balaban J connectivity index is 1.30. The highest BCUT2D eigenvalue weighted by Crippen LogP contribution is 2.42. The molecule has 7 heteroatoms. The lowest BCUT2D eigenvalue weighted by atomic mass is 10.00. The summed E-state index contributed by atoms with van der Waals surface area (Å²) in [6, 6.07) is 8.96. The fraction of sp³-hybridized carbons (Fsp3) is 0.571. The molecule has 2 aliphatic heterocycles. The van der Waals surface area contributed by atoms with Crippen molar-refractivity contribution < 1.29 is 4.79 Å². The molecular weight excluding hydrogens is 370 g/mol. The smallest absolute Gasteiger partial charge is 0.236 e. The Labute approximate surface area is 170 Å². The number of carbonyl (C=O) groups is 1. The number of rotatable bonds is 5. The van der Waals surface area contributed by atoms with Gasteiger partial charge in [0.2, 0.25) is 11.9 Å². The van der Waals surface area contributed by atoms with Crippen molar-refractivity contribution in [3.05, 3.63) is 35.4 Å². The fourth-order valence-corrected chi connectivity index (χ4v) is 5.28. The first-order valence-electron chi connectivity index (χ1n) is 10.4. The number of anilines is 1. The average molecular weight is 398 g/mol. The van der Waals surface area contributed by atoms with Gasteiger partial charge in [-0.2, -0.15) is 0 Å². The van der Waals surface area contributed by atoms with E-state index in [1.165, 1.54) is 36.8 Å². The van der Waals surface area contributed by atoms with Crippen molar-refractivity contribution in [2.75, 3.05) is 24.5 Å². The Bertz CT molecular complexity index is 871. The molecule has 0 radical (unpaired) electrons. The molecule has 1 atom stereocenters. The van der Waals surface area contributed by atoms with Crippen molar-refractivity contribution in [1.82, 2.24) is 19.7 Å². The molecule has 0 bridgehead atoms. The van der Waals surface area contributed by atoms with E-state index < -0.39 is 0 Å². The summed E-state index contributed by atoms with van der Waals surface area (Å²) in [4.78, 5) is 17.5. The van der Waals surface area contributed by atoms with Crippen LogP contribution in [0.15, 0.2) is 29.4 Å². The summed E-state index contributed by atoms with van der Waals surface area (Å²) in [6.07, 6.45) is 5.78. The molecule has 1 amide bonds. The molecule has 2 aromatic rings. The second kappa shape index (κ2) is 7.43. The van der Waals surface area contributed by atoms with Crippen LogP contribution in [0.4, 0.5) is 5.95 Å². The van der Waals surface area contributed by atoms with Gasteiger partial charge in [-0.15, -0.1) is 10.2 Å². The third-order valence-electron chi connectivity index (χ3n) is 6.02. The molecule has 1 saturated carbocycles. The maximum atomic E-state index is 13.1. The average Bonchev–Trinajstić information content (AvgIpc) is 3.24. The van der Waals surface area contributed by atoms with E-state index in [4.69, 9.17) is 0 Å². The SMILES string of the molecule is C[C@@H](Sc1nnc(N2CCCC2)n1C1CC1)C(=O)N1CCc2ccccc2C1. The van der Waals surface area contributed by atoms with Crippen molar-refractivity contribution in [2.45, 2.75) is 62.0 Å². The number of hydrogen-bond donors (Lipinski definition) is 0. The second-order valence-corrected chi connectivity index (χ2v) is 9.42. The largest absolute Gasteiger partial charge is 0.341 e. The van der Waals surface area contributed by atoms with Crippen LogP contribution in [0.25, 0.3) is 0 Å². The maximum absolute atomic E-state index is 13.1. The van der Waals surface area contributed by atoms with Gasteiger partial charge in [0.1, 0.15) is 0 Å². The quantitative estimate of drug-likeness (QED) is 0.725. The van der Waals surface area contributed by atoms with Crippen molar-refractivity contribution >= 4 is 23.6 Å². The second-order valence-electron chi connectivity index (χ2n) is 8.12. The summed E-state index contributed by atoms with van der Waals surface area (Å²) in [5.41, 5.74) is 2.65. The van der Waals surface area contributed by atoms with Crippen LogP contribution < -0.4 is 4.90 Å². The van der Waals surface area contributed by atoms with Gasteiger partial charge in [-0.3, -0.25) is 9.36 Å². The van der Waals surface area contributed by atoms with Gasteiger partial charge in [-0.25, -0.2) is 0 Å². The minimum Gasteiger partial charge on any atom is -0.341 e. The number of hydrogen-bond acceptors (Lipinski definition) is 5. The Morgan fingerprint density at radius 2 is 1.86 bits per heavy atom. The number of amides is 1.